The van der Waals surface area contributed by atoms with Crippen molar-refractivity contribution in [2.24, 2.45) is 4.99 Å². The van der Waals surface area contributed by atoms with E-state index in [0.717, 1.165) is 13.0 Å². The minimum absolute atomic E-state index is 0.855. The van der Waals surface area contributed by atoms with Gasteiger partial charge in [-0.3, -0.25) is 4.99 Å². The van der Waals surface area contributed by atoms with Crippen LogP contribution in [0.3, 0.4) is 0 Å². The molecule has 0 aromatic rings. The predicted molar refractivity (Wildman–Crippen MR) is 52.2 cm³/mol. The first-order chi connectivity index (χ1) is 5.26. The van der Waals surface area contributed by atoms with Crippen LogP contribution in [0, 0.1) is 0 Å². The normalized spacial score (nSPS) is 13.4. The van der Waals surface area contributed by atoms with Gasteiger partial charge in [-0.05, 0) is 31.4 Å². The molecule has 0 aliphatic rings. The number of nitrogens with zero attached hydrogens (tertiary/aromatic N) is 1. The molecular weight excluding hydrogens is 134 g/mol. The van der Waals surface area contributed by atoms with E-state index in [4.69, 9.17) is 0 Å². The molecule has 0 aromatic heterocycles. The van der Waals surface area contributed by atoms with Gasteiger partial charge in [0.1, 0.15) is 0 Å². The van der Waals surface area contributed by atoms with E-state index in [2.05, 4.69) is 25.4 Å². The zero-order valence-corrected chi connectivity index (χ0v) is 7.72. The molecule has 1 heteroatoms. The molecule has 0 rings (SSSR count). The minimum atomic E-state index is 0.855. The van der Waals surface area contributed by atoms with Crippen LogP contribution in [0.5, 0.6) is 0 Å². The summed E-state index contributed by atoms with van der Waals surface area (Å²) in [6, 6.07) is 0. The second-order valence-corrected chi connectivity index (χ2v) is 2.39. The quantitative estimate of drug-likeness (QED) is 0.432. The second kappa shape index (κ2) is 5.90. The maximum Gasteiger partial charge on any atom is 0.0361 e. The molecule has 0 amide bonds. The third-order valence-corrected chi connectivity index (χ3v) is 1.62. The molecule has 0 aromatic carbocycles. The molecule has 0 aliphatic heterocycles. The molecule has 62 valence electrons. The van der Waals surface area contributed by atoms with E-state index in [1.54, 1.807) is 0 Å². The zero-order valence-electron chi connectivity index (χ0n) is 7.72. The standard InChI is InChI=1S/C10H17N/c1-5-9(4)10(6-2)8-11-7-3/h5,8H,1,6-7H2,2-4H3/b10-9-,11-8-. The molecule has 0 bridgehead atoms. The van der Waals surface area contributed by atoms with Crippen molar-refractivity contribution in [3.63, 3.8) is 0 Å². The summed E-state index contributed by atoms with van der Waals surface area (Å²) < 4.78 is 0. The first kappa shape index (κ1) is 10.2. The van der Waals surface area contributed by atoms with Crippen molar-refractivity contribution in [2.45, 2.75) is 27.2 Å². The van der Waals surface area contributed by atoms with Gasteiger partial charge in [0, 0.05) is 12.8 Å². The van der Waals surface area contributed by atoms with Gasteiger partial charge in [-0.1, -0.05) is 19.6 Å². The van der Waals surface area contributed by atoms with Gasteiger partial charge in [-0.2, -0.15) is 0 Å². The van der Waals surface area contributed by atoms with Crippen molar-refractivity contribution in [1.29, 1.82) is 0 Å². The van der Waals surface area contributed by atoms with Crippen LogP contribution in [0.2, 0.25) is 0 Å². The number of allylic oxidation sites excluding steroid dienone is 3. The Labute approximate surface area is 69.5 Å². The lowest BCUT2D eigenvalue weighted by molar-refractivity contribution is 1.11. The Balaban J connectivity index is 4.38. The molecule has 0 heterocycles. The molecule has 0 atom stereocenters. The number of hydrogen-bond acceptors (Lipinski definition) is 1. The fourth-order valence-electron chi connectivity index (χ4n) is 0.805. The first-order valence-electron chi connectivity index (χ1n) is 4.08. The van der Waals surface area contributed by atoms with Crippen molar-refractivity contribution in [3.05, 3.63) is 23.8 Å². The highest BCUT2D eigenvalue weighted by Crippen LogP contribution is 2.06. The Morgan fingerprint density at radius 3 is 2.45 bits per heavy atom. The highest BCUT2D eigenvalue weighted by atomic mass is 14.7. The van der Waals surface area contributed by atoms with Crippen LogP contribution in [-0.2, 0) is 0 Å². The Kier molecular flexibility index (Phi) is 5.44. The van der Waals surface area contributed by atoms with Crippen molar-refractivity contribution in [2.75, 3.05) is 6.54 Å². The van der Waals surface area contributed by atoms with Crippen LogP contribution in [-0.4, -0.2) is 12.8 Å². The lowest BCUT2D eigenvalue weighted by atomic mass is 10.1. The lowest BCUT2D eigenvalue weighted by Crippen LogP contribution is -1.87. The van der Waals surface area contributed by atoms with Gasteiger partial charge in [0.25, 0.3) is 0 Å². The van der Waals surface area contributed by atoms with E-state index < -0.39 is 0 Å². The van der Waals surface area contributed by atoms with Gasteiger partial charge in [-0.15, -0.1) is 0 Å². The molecule has 0 unspecified atom stereocenters. The summed E-state index contributed by atoms with van der Waals surface area (Å²) in [5.41, 5.74) is 2.51. The van der Waals surface area contributed by atoms with Gasteiger partial charge in [-0.25, -0.2) is 0 Å². The van der Waals surface area contributed by atoms with E-state index in [0.29, 0.717) is 0 Å². The maximum absolute atomic E-state index is 4.18. The van der Waals surface area contributed by atoms with E-state index >= 15 is 0 Å². The Hall–Kier alpha value is -0.850. The Morgan fingerprint density at radius 2 is 2.09 bits per heavy atom. The van der Waals surface area contributed by atoms with Crippen molar-refractivity contribution >= 4 is 6.21 Å². The molecule has 0 radical (unpaired) electrons. The third-order valence-electron chi connectivity index (χ3n) is 1.62. The van der Waals surface area contributed by atoms with Crippen molar-refractivity contribution in [1.82, 2.24) is 0 Å². The third kappa shape index (κ3) is 3.76. The fraction of sp³-hybridized carbons (Fsp3) is 0.500. The highest BCUT2D eigenvalue weighted by Gasteiger charge is 1.91. The number of hydrogen-bond donors (Lipinski definition) is 0. The maximum atomic E-state index is 4.18. The first-order valence-corrected chi connectivity index (χ1v) is 4.08. The molecule has 0 spiro atoms. The smallest absolute Gasteiger partial charge is 0.0361 e. The summed E-state index contributed by atoms with van der Waals surface area (Å²) in [6.07, 6.45) is 4.85. The summed E-state index contributed by atoms with van der Waals surface area (Å²) in [4.78, 5) is 4.18. The summed E-state index contributed by atoms with van der Waals surface area (Å²) >= 11 is 0. The Morgan fingerprint density at radius 1 is 1.45 bits per heavy atom. The van der Waals surface area contributed by atoms with Crippen LogP contribution in [0.25, 0.3) is 0 Å². The lowest BCUT2D eigenvalue weighted by Gasteiger charge is -1.99. The SMILES string of the molecule is C=C/C(C)=C(\C=N/CC)CC. The molecule has 0 saturated carbocycles. The summed E-state index contributed by atoms with van der Waals surface area (Å²) in [5, 5.41) is 0. The summed E-state index contributed by atoms with van der Waals surface area (Å²) in [5.74, 6) is 0. The van der Waals surface area contributed by atoms with Crippen LogP contribution in [0.4, 0.5) is 0 Å². The highest BCUT2D eigenvalue weighted by molar-refractivity contribution is 5.80. The van der Waals surface area contributed by atoms with Gasteiger partial charge >= 0.3 is 0 Å². The summed E-state index contributed by atoms with van der Waals surface area (Å²) in [7, 11) is 0. The molecule has 0 aliphatic carbocycles. The molecule has 1 nitrogen and oxygen atoms in total. The second-order valence-electron chi connectivity index (χ2n) is 2.39. The van der Waals surface area contributed by atoms with E-state index in [9.17, 15) is 0 Å². The molecule has 0 saturated heterocycles. The number of rotatable bonds is 4. The molecule has 11 heavy (non-hydrogen) atoms. The minimum Gasteiger partial charge on any atom is -0.293 e. The topological polar surface area (TPSA) is 12.4 Å². The monoisotopic (exact) mass is 151 g/mol. The average Bonchev–Trinajstić information content (AvgIpc) is 2.05. The summed E-state index contributed by atoms with van der Waals surface area (Å²) in [6.45, 7) is 10.8. The van der Waals surface area contributed by atoms with Gasteiger partial charge in [0.2, 0.25) is 0 Å². The zero-order chi connectivity index (χ0) is 8.69. The van der Waals surface area contributed by atoms with Crippen LogP contribution in [0.15, 0.2) is 28.8 Å². The van der Waals surface area contributed by atoms with Crippen LogP contribution < -0.4 is 0 Å². The van der Waals surface area contributed by atoms with Crippen LogP contribution in [0.1, 0.15) is 27.2 Å². The van der Waals surface area contributed by atoms with E-state index in [-0.39, 0.29) is 0 Å². The van der Waals surface area contributed by atoms with Gasteiger partial charge in [0.15, 0.2) is 0 Å². The average molecular weight is 151 g/mol. The van der Waals surface area contributed by atoms with Gasteiger partial charge < -0.3 is 0 Å². The van der Waals surface area contributed by atoms with Crippen LogP contribution >= 0.6 is 0 Å². The van der Waals surface area contributed by atoms with E-state index in [1.165, 1.54) is 11.1 Å². The van der Waals surface area contributed by atoms with Crippen molar-refractivity contribution in [3.8, 4) is 0 Å². The fourth-order valence-corrected chi connectivity index (χ4v) is 0.805. The van der Waals surface area contributed by atoms with Crippen molar-refractivity contribution < 1.29 is 0 Å². The number of aliphatic imine (C=N–C) groups is 1. The molecule has 0 fully saturated rings. The predicted octanol–water partition coefficient (Wildman–Crippen LogP) is 2.99. The van der Waals surface area contributed by atoms with Gasteiger partial charge in [0.05, 0.1) is 0 Å². The Bertz CT molecular complexity index is 175. The molecule has 0 N–H and O–H groups in total. The largest absolute Gasteiger partial charge is 0.293 e. The molecular formula is C10H17N. The van der Waals surface area contributed by atoms with E-state index in [1.807, 2.05) is 19.2 Å².